The Kier molecular flexibility index (Phi) is 5.18. The van der Waals surface area contributed by atoms with Crippen LogP contribution in [0.5, 0.6) is 0 Å². The van der Waals surface area contributed by atoms with Crippen LogP contribution < -0.4 is 5.32 Å². The molecule has 1 amide bonds. The van der Waals surface area contributed by atoms with Crippen LogP contribution in [0, 0.1) is 38.3 Å². The first-order chi connectivity index (χ1) is 11.9. The number of carbonyl (C=O) groups excluding carboxylic acids is 1. The van der Waals surface area contributed by atoms with E-state index in [4.69, 9.17) is 0 Å². The largest absolute Gasteiger partial charge is 0.355 e. The topological polar surface area (TPSA) is 46.4 Å². The number of rotatable bonds is 2. The number of carbonyl (C=O) groups is 1. The smallest absolute Gasteiger partial charge is 0.251 e. The normalized spacial score (nSPS) is 10.2. The van der Waals surface area contributed by atoms with Crippen molar-refractivity contribution in [2.45, 2.75) is 13.8 Å². The number of hydrogen-bond acceptors (Lipinski definition) is 2. The molecular formula is C19H17F2N3O. The molecule has 2 aromatic heterocycles. The summed E-state index contributed by atoms with van der Waals surface area (Å²) in [6.07, 6.45) is 9.81. The van der Waals surface area contributed by atoms with Gasteiger partial charge in [-0.1, -0.05) is 0 Å². The lowest BCUT2D eigenvalue weighted by Crippen LogP contribution is -2.18. The number of amides is 1. The van der Waals surface area contributed by atoms with Gasteiger partial charge in [0, 0.05) is 24.5 Å². The fraction of sp³-hybridized carbons (Fsp3) is 0.158. The van der Waals surface area contributed by atoms with Crippen LogP contribution in [0.2, 0.25) is 0 Å². The maximum absolute atomic E-state index is 14.4. The van der Waals surface area contributed by atoms with Gasteiger partial charge in [-0.15, -0.1) is 12.8 Å². The Morgan fingerprint density at radius 3 is 2.32 bits per heavy atom. The van der Waals surface area contributed by atoms with E-state index < -0.39 is 17.5 Å². The van der Waals surface area contributed by atoms with Gasteiger partial charge >= 0.3 is 0 Å². The number of imidazole rings is 1. The minimum Gasteiger partial charge on any atom is -0.355 e. The molecule has 1 N–H and O–H groups in total. The third-order valence-corrected chi connectivity index (χ3v) is 3.79. The molecule has 0 fully saturated rings. The predicted octanol–water partition coefficient (Wildman–Crippen LogP) is 3.51. The first-order valence-corrected chi connectivity index (χ1v) is 7.42. The number of terminal acetylenes is 1. The fourth-order valence-electron chi connectivity index (χ4n) is 2.58. The molecule has 0 spiro atoms. The number of hydrogen-bond donors (Lipinski definition) is 1. The van der Waals surface area contributed by atoms with Crippen molar-refractivity contribution < 1.29 is 13.6 Å². The quantitative estimate of drug-likeness (QED) is 0.725. The molecule has 0 saturated carbocycles. The summed E-state index contributed by atoms with van der Waals surface area (Å²) in [7, 11) is 1.40. The van der Waals surface area contributed by atoms with Crippen LogP contribution in [0.1, 0.15) is 21.6 Å². The standard InChI is InChI=1S/C17H15F2N3O.C2H2/c1-9-4-5-22-10(2)16(21-14(22)6-9)15-12(18)7-11(8-13(15)19)17(23)20-3;1-2/h4-8H,1-3H3,(H,20,23);1-2H. The second kappa shape index (κ2) is 7.14. The number of nitrogens with zero attached hydrogens (tertiary/aromatic N) is 2. The van der Waals surface area contributed by atoms with E-state index in [1.165, 1.54) is 7.05 Å². The van der Waals surface area contributed by atoms with Gasteiger partial charge in [-0.2, -0.15) is 0 Å². The Bertz CT molecular complexity index is 950. The van der Waals surface area contributed by atoms with Crippen LogP contribution in [0.4, 0.5) is 8.78 Å². The van der Waals surface area contributed by atoms with Crippen LogP contribution >= 0.6 is 0 Å². The van der Waals surface area contributed by atoms with Crippen molar-refractivity contribution in [3.05, 3.63) is 58.9 Å². The maximum atomic E-state index is 14.4. The zero-order valence-corrected chi connectivity index (χ0v) is 14.1. The van der Waals surface area contributed by atoms with Gasteiger partial charge in [0.1, 0.15) is 17.3 Å². The molecule has 0 saturated heterocycles. The van der Waals surface area contributed by atoms with Gasteiger partial charge in [0.05, 0.1) is 11.3 Å². The summed E-state index contributed by atoms with van der Waals surface area (Å²) < 4.78 is 30.6. The lowest BCUT2D eigenvalue weighted by molar-refractivity contribution is 0.0962. The highest BCUT2D eigenvalue weighted by atomic mass is 19.1. The van der Waals surface area contributed by atoms with Crippen molar-refractivity contribution in [1.82, 2.24) is 14.7 Å². The lowest BCUT2D eigenvalue weighted by atomic mass is 10.1. The van der Waals surface area contributed by atoms with Crippen LogP contribution in [0.3, 0.4) is 0 Å². The van der Waals surface area contributed by atoms with E-state index in [1.54, 1.807) is 11.3 Å². The second-order valence-electron chi connectivity index (χ2n) is 5.37. The van der Waals surface area contributed by atoms with Gasteiger partial charge in [0.2, 0.25) is 0 Å². The molecule has 2 heterocycles. The zero-order chi connectivity index (χ0) is 18.7. The van der Waals surface area contributed by atoms with E-state index >= 15 is 0 Å². The Labute approximate surface area is 144 Å². The molecule has 128 valence electrons. The molecule has 3 rings (SSSR count). The van der Waals surface area contributed by atoms with Crippen molar-refractivity contribution in [3.63, 3.8) is 0 Å². The summed E-state index contributed by atoms with van der Waals surface area (Å²) in [4.78, 5) is 15.9. The molecule has 0 aliphatic heterocycles. The molecule has 0 aliphatic rings. The SMILES string of the molecule is C#C.CNC(=O)c1cc(F)c(-c2nc3cc(C)ccn3c2C)c(F)c1. The summed E-state index contributed by atoms with van der Waals surface area (Å²) in [5.74, 6) is -2.17. The van der Waals surface area contributed by atoms with E-state index in [2.05, 4.69) is 23.1 Å². The van der Waals surface area contributed by atoms with Crippen LogP contribution in [-0.2, 0) is 0 Å². The van der Waals surface area contributed by atoms with Crippen molar-refractivity contribution in [1.29, 1.82) is 0 Å². The average Bonchev–Trinajstić information content (AvgIpc) is 2.91. The summed E-state index contributed by atoms with van der Waals surface area (Å²) in [6.45, 7) is 3.67. The predicted molar refractivity (Wildman–Crippen MR) is 93.3 cm³/mol. The van der Waals surface area contributed by atoms with Crippen molar-refractivity contribution in [3.8, 4) is 24.1 Å². The van der Waals surface area contributed by atoms with E-state index in [-0.39, 0.29) is 16.8 Å². The molecule has 1 aromatic carbocycles. The fourth-order valence-corrected chi connectivity index (χ4v) is 2.58. The zero-order valence-electron chi connectivity index (χ0n) is 14.1. The van der Waals surface area contributed by atoms with E-state index in [0.717, 1.165) is 17.7 Å². The first-order valence-electron chi connectivity index (χ1n) is 7.42. The Morgan fingerprint density at radius 2 is 1.76 bits per heavy atom. The molecule has 0 atom stereocenters. The summed E-state index contributed by atoms with van der Waals surface area (Å²) in [5.41, 5.74) is 2.19. The van der Waals surface area contributed by atoms with Gasteiger partial charge in [-0.05, 0) is 43.7 Å². The van der Waals surface area contributed by atoms with Gasteiger partial charge in [-0.25, -0.2) is 13.8 Å². The minimum absolute atomic E-state index is 0.0662. The van der Waals surface area contributed by atoms with E-state index in [1.807, 2.05) is 25.3 Å². The van der Waals surface area contributed by atoms with Crippen LogP contribution in [-0.4, -0.2) is 22.3 Å². The Hall–Kier alpha value is -3.20. The summed E-state index contributed by atoms with van der Waals surface area (Å²) >= 11 is 0. The average molecular weight is 341 g/mol. The third kappa shape index (κ3) is 3.22. The van der Waals surface area contributed by atoms with Gasteiger partial charge in [0.15, 0.2) is 0 Å². The molecule has 3 aromatic rings. The van der Waals surface area contributed by atoms with E-state index in [9.17, 15) is 13.6 Å². The number of fused-ring (bicyclic) bond motifs is 1. The van der Waals surface area contributed by atoms with Crippen molar-refractivity contribution >= 4 is 11.6 Å². The number of pyridine rings is 1. The van der Waals surface area contributed by atoms with E-state index in [0.29, 0.717) is 11.3 Å². The summed E-state index contributed by atoms with van der Waals surface area (Å²) in [5, 5.41) is 2.34. The van der Waals surface area contributed by atoms with Crippen LogP contribution in [0.25, 0.3) is 16.9 Å². The molecule has 0 aliphatic carbocycles. The number of nitrogens with one attached hydrogen (secondary N) is 1. The highest BCUT2D eigenvalue weighted by Crippen LogP contribution is 2.30. The molecule has 0 unspecified atom stereocenters. The number of halogens is 2. The van der Waals surface area contributed by atoms with Crippen molar-refractivity contribution in [2.24, 2.45) is 0 Å². The molecule has 0 radical (unpaired) electrons. The molecule has 25 heavy (non-hydrogen) atoms. The number of aryl methyl sites for hydroxylation is 2. The second-order valence-corrected chi connectivity index (χ2v) is 5.37. The van der Waals surface area contributed by atoms with Gasteiger partial charge in [-0.3, -0.25) is 4.79 Å². The highest BCUT2D eigenvalue weighted by molar-refractivity contribution is 5.94. The minimum atomic E-state index is -0.813. The maximum Gasteiger partial charge on any atom is 0.251 e. The monoisotopic (exact) mass is 341 g/mol. The Balaban J connectivity index is 0.00000109. The molecule has 6 heteroatoms. The first kappa shape index (κ1) is 18.1. The third-order valence-electron chi connectivity index (χ3n) is 3.79. The molecule has 4 nitrogen and oxygen atoms in total. The lowest BCUT2D eigenvalue weighted by Gasteiger charge is -2.06. The molecular weight excluding hydrogens is 324 g/mol. The highest BCUT2D eigenvalue weighted by Gasteiger charge is 2.21. The molecule has 0 bridgehead atoms. The van der Waals surface area contributed by atoms with Crippen LogP contribution in [0.15, 0.2) is 30.5 Å². The van der Waals surface area contributed by atoms with Gasteiger partial charge in [0.25, 0.3) is 5.91 Å². The van der Waals surface area contributed by atoms with Crippen molar-refractivity contribution in [2.75, 3.05) is 7.05 Å². The number of aromatic nitrogens is 2. The van der Waals surface area contributed by atoms with Gasteiger partial charge < -0.3 is 9.72 Å². The Morgan fingerprint density at radius 1 is 1.16 bits per heavy atom. The summed E-state index contributed by atoms with van der Waals surface area (Å²) in [6, 6.07) is 5.77. The number of benzene rings is 1.